The van der Waals surface area contributed by atoms with Gasteiger partial charge in [-0.2, -0.15) is 0 Å². The van der Waals surface area contributed by atoms with Crippen molar-refractivity contribution in [1.82, 2.24) is 9.97 Å². The molecular formula is C13H14FN3O. The minimum Gasteiger partial charge on any atom is -0.480 e. The number of nitrogens with two attached hydrogens (primary N) is 1. The van der Waals surface area contributed by atoms with Crippen molar-refractivity contribution in [3.05, 3.63) is 53.2 Å². The van der Waals surface area contributed by atoms with E-state index in [0.29, 0.717) is 22.7 Å². The minimum atomic E-state index is -0.566. The summed E-state index contributed by atoms with van der Waals surface area (Å²) < 4.78 is 18.6. The Morgan fingerprint density at radius 3 is 2.67 bits per heavy atom. The van der Waals surface area contributed by atoms with Crippen LogP contribution in [-0.2, 0) is 0 Å². The van der Waals surface area contributed by atoms with E-state index >= 15 is 0 Å². The topological polar surface area (TPSA) is 61.0 Å². The van der Waals surface area contributed by atoms with Gasteiger partial charge < -0.3 is 10.5 Å². The number of halogens is 1. The van der Waals surface area contributed by atoms with Gasteiger partial charge in [-0.05, 0) is 24.1 Å². The fourth-order valence-corrected chi connectivity index (χ4v) is 1.67. The van der Waals surface area contributed by atoms with E-state index in [0.717, 1.165) is 0 Å². The first kappa shape index (κ1) is 12.4. The molecule has 1 aromatic heterocycles. The summed E-state index contributed by atoms with van der Waals surface area (Å²) in [6.07, 6.45) is 3.05. The largest absolute Gasteiger partial charge is 0.480 e. The number of methoxy groups -OCH3 is 1. The minimum absolute atomic E-state index is 0.286. The van der Waals surface area contributed by atoms with Crippen LogP contribution in [-0.4, -0.2) is 17.1 Å². The van der Waals surface area contributed by atoms with Crippen molar-refractivity contribution in [3.63, 3.8) is 0 Å². The number of hydrogen-bond acceptors (Lipinski definition) is 4. The first-order chi connectivity index (χ1) is 8.63. The van der Waals surface area contributed by atoms with Gasteiger partial charge in [-0.25, -0.2) is 9.37 Å². The molecule has 0 aliphatic heterocycles. The maximum atomic E-state index is 13.5. The van der Waals surface area contributed by atoms with Crippen molar-refractivity contribution >= 4 is 0 Å². The van der Waals surface area contributed by atoms with Crippen LogP contribution in [0, 0.1) is 12.7 Å². The van der Waals surface area contributed by atoms with Gasteiger partial charge in [-0.15, -0.1) is 0 Å². The molecular weight excluding hydrogens is 233 g/mol. The number of rotatable bonds is 3. The Labute approximate surface area is 105 Å². The van der Waals surface area contributed by atoms with Gasteiger partial charge in [0.25, 0.3) is 0 Å². The normalized spacial score (nSPS) is 12.2. The molecule has 2 aromatic rings. The Morgan fingerprint density at radius 2 is 2.00 bits per heavy atom. The van der Waals surface area contributed by atoms with Crippen LogP contribution in [0.2, 0.25) is 0 Å². The van der Waals surface area contributed by atoms with E-state index in [4.69, 9.17) is 10.5 Å². The van der Waals surface area contributed by atoms with Crippen molar-refractivity contribution in [3.8, 4) is 5.88 Å². The van der Waals surface area contributed by atoms with E-state index in [1.165, 1.54) is 25.6 Å². The number of nitrogens with zero attached hydrogens (tertiary/aromatic N) is 2. The zero-order valence-electron chi connectivity index (χ0n) is 10.2. The number of aromatic nitrogens is 2. The molecule has 2 N–H and O–H groups in total. The van der Waals surface area contributed by atoms with Crippen LogP contribution in [0.4, 0.5) is 4.39 Å². The smallest absolute Gasteiger partial charge is 0.237 e. The lowest BCUT2D eigenvalue weighted by atomic mass is 10.0. The van der Waals surface area contributed by atoms with E-state index in [2.05, 4.69) is 9.97 Å². The lowest BCUT2D eigenvalue weighted by Gasteiger charge is -2.14. The third-order valence-corrected chi connectivity index (χ3v) is 2.73. The molecule has 0 aliphatic rings. The van der Waals surface area contributed by atoms with Crippen molar-refractivity contribution in [2.75, 3.05) is 7.11 Å². The summed E-state index contributed by atoms with van der Waals surface area (Å²) >= 11 is 0. The fourth-order valence-electron chi connectivity index (χ4n) is 1.67. The molecule has 0 radical (unpaired) electrons. The van der Waals surface area contributed by atoms with Gasteiger partial charge in [-0.1, -0.05) is 12.1 Å². The number of benzene rings is 1. The molecule has 0 bridgehead atoms. The van der Waals surface area contributed by atoms with E-state index in [1.54, 1.807) is 19.1 Å². The highest BCUT2D eigenvalue weighted by atomic mass is 19.1. The standard InChI is InChI=1S/C13H14FN3O/c1-8-3-4-9(7-10(8)14)11(15)12-13(18-2)17-6-5-16-12/h3-7,11H,15H2,1-2H3. The van der Waals surface area contributed by atoms with Crippen LogP contribution >= 0.6 is 0 Å². The zero-order chi connectivity index (χ0) is 13.1. The van der Waals surface area contributed by atoms with Crippen LogP contribution in [0.3, 0.4) is 0 Å². The summed E-state index contributed by atoms with van der Waals surface area (Å²) in [5, 5.41) is 0. The van der Waals surface area contributed by atoms with Gasteiger partial charge in [0.2, 0.25) is 5.88 Å². The quantitative estimate of drug-likeness (QED) is 0.900. The summed E-state index contributed by atoms with van der Waals surface area (Å²) in [4.78, 5) is 8.17. The molecule has 0 spiro atoms. The lowest BCUT2D eigenvalue weighted by molar-refractivity contribution is 0.387. The molecule has 2 rings (SSSR count). The summed E-state index contributed by atoms with van der Waals surface area (Å²) in [5.41, 5.74) is 7.77. The number of aryl methyl sites for hydroxylation is 1. The van der Waals surface area contributed by atoms with Crippen LogP contribution < -0.4 is 10.5 Å². The molecule has 0 saturated heterocycles. The Balaban J connectivity index is 2.41. The predicted octanol–water partition coefficient (Wildman–Crippen LogP) is 1.98. The monoisotopic (exact) mass is 247 g/mol. The van der Waals surface area contributed by atoms with Crippen LogP contribution in [0.1, 0.15) is 22.9 Å². The lowest BCUT2D eigenvalue weighted by Crippen LogP contribution is -2.15. The Kier molecular flexibility index (Phi) is 3.53. The second-order valence-corrected chi connectivity index (χ2v) is 3.94. The molecule has 1 unspecified atom stereocenters. The molecule has 94 valence electrons. The average Bonchev–Trinajstić information content (AvgIpc) is 2.41. The van der Waals surface area contributed by atoms with Gasteiger partial charge in [0.15, 0.2) is 0 Å². The van der Waals surface area contributed by atoms with Crippen molar-refractivity contribution in [2.45, 2.75) is 13.0 Å². The fraction of sp³-hybridized carbons (Fsp3) is 0.231. The summed E-state index contributed by atoms with van der Waals surface area (Å²) in [7, 11) is 1.50. The second kappa shape index (κ2) is 5.10. The summed E-state index contributed by atoms with van der Waals surface area (Å²) in [6, 6.07) is 4.31. The van der Waals surface area contributed by atoms with Crippen LogP contribution in [0.25, 0.3) is 0 Å². The second-order valence-electron chi connectivity index (χ2n) is 3.94. The number of hydrogen-bond donors (Lipinski definition) is 1. The van der Waals surface area contributed by atoms with Gasteiger partial charge in [-0.3, -0.25) is 4.98 Å². The van der Waals surface area contributed by atoms with Gasteiger partial charge >= 0.3 is 0 Å². The Hall–Kier alpha value is -2.01. The molecule has 1 heterocycles. The van der Waals surface area contributed by atoms with Gasteiger partial charge in [0.05, 0.1) is 13.2 Å². The van der Waals surface area contributed by atoms with E-state index in [1.807, 2.05) is 0 Å². The molecule has 1 atom stereocenters. The molecule has 5 heteroatoms. The van der Waals surface area contributed by atoms with Gasteiger partial charge in [0, 0.05) is 12.4 Å². The number of ether oxygens (including phenoxy) is 1. The highest BCUT2D eigenvalue weighted by molar-refractivity contribution is 5.34. The molecule has 0 aliphatic carbocycles. The maximum Gasteiger partial charge on any atom is 0.237 e. The first-order valence-electron chi connectivity index (χ1n) is 5.50. The van der Waals surface area contributed by atoms with E-state index in [9.17, 15) is 4.39 Å². The highest BCUT2D eigenvalue weighted by Gasteiger charge is 2.17. The highest BCUT2D eigenvalue weighted by Crippen LogP contribution is 2.25. The molecule has 0 fully saturated rings. The van der Waals surface area contributed by atoms with Gasteiger partial charge in [0.1, 0.15) is 11.5 Å². The third kappa shape index (κ3) is 2.31. The SMILES string of the molecule is COc1nccnc1C(N)c1ccc(C)c(F)c1. The summed E-state index contributed by atoms with van der Waals surface area (Å²) in [6.45, 7) is 1.70. The first-order valence-corrected chi connectivity index (χ1v) is 5.50. The van der Waals surface area contributed by atoms with Crippen LogP contribution in [0.15, 0.2) is 30.6 Å². The van der Waals surface area contributed by atoms with Crippen molar-refractivity contribution < 1.29 is 9.13 Å². The molecule has 4 nitrogen and oxygen atoms in total. The van der Waals surface area contributed by atoms with E-state index in [-0.39, 0.29) is 5.82 Å². The van der Waals surface area contributed by atoms with Crippen molar-refractivity contribution in [2.24, 2.45) is 5.73 Å². The molecule has 1 aromatic carbocycles. The average molecular weight is 247 g/mol. The maximum absolute atomic E-state index is 13.5. The third-order valence-electron chi connectivity index (χ3n) is 2.73. The molecule has 0 saturated carbocycles. The zero-order valence-corrected chi connectivity index (χ0v) is 10.2. The predicted molar refractivity (Wildman–Crippen MR) is 65.8 cm³/mol. The van der Waals surface area contributed by atoms with Crippen molar-refractivity contribution in [1.29, 1.82) is 0 Å². The van der Waals surface area contributed by atoms with E-state index < -0.39 is 6.04 Å². The van der Waals surface area contributed by atoms with Crippen LogP contribution in [0.5, 0.6) is 5.88 Å². The Bertz CT molecular complexity index is 560. The molecule has 18 heavy (non-hydrogen) atoms. The Morgan fingerprint density at radius 1 is 1.28 bits per heavy atom. The summed E-state index contributed by atoms with van der Waals surface area (Å²) in [5.74, 6) is 0.0665. The molecule has 0 amide bonds.